The highest BCUT2D eigenvalue weighted by Crippen LogP contribution is 2.13. The van der Waals surface area contributed by atoms with Crippen molar-refractivity contribution in [1.82, 2.24) is 36.4 Å². The van der Waals surface area contributed by atoms with E-state index in [9.17, 15) is 63.9 Å². The van der Waals surface area contributed by atoms with Crippen LogP contribution in [0.3, 0.4) is 0 Å². The summed E-state index contributed by atoms with van der Waals surface area (Å²) >= 11 is 0. The number of carboxylic acid groups (broad SMARTS) is 1. The quantitative estimate of drug-likeness (QED) is 0.0889. The first-order valence-corrected chi connectivity index (χ1v) is 18.0. The number of nitrogens with two attached hydrogens (primary N) is 1. The Balaban J connectivity index is 2.37. The topological polar surface area (TPSA) is 330 Å². The number of likely N-dealkylation sites (N-methyl/N-ethyl adjacent to an activating group) is 2. The summed E-state index contributed by atoms with van der Waals surface area (Å²) in [7, 11) is 2.28. The van der Waals surface area contributed by atoms with E-state index in [-0.39, 0.29) is 45.1 Å². The van der Waals surface area contributed by atoms with Crippen LogP contribution in [0.25, 0.3) is 0 Å². The third kappa shape index (κ3) is 13.8. The van der Waals surface area contributed by atoms with E-state index in [4.69, 9.17) is 5.73 Å². The molecule has 7 amide bonds. The molecule has 2 rings (SSSR count). The van der Waals surface area contributed by atoms with Crippen molar-refractivity contribution in [2.75, 3.05) is 40.5 Å². The number of amides is 7. The molecule has 1 aliphatic rings. The number of hydrogen-bond acceptors (Lipinski definition) is 13. The molecule has 21 heteroatoms. The van der Waals surface area contributed by atoms with Crippen LogP contribution in [-0.4, -0.2) is 172 Å². The zero-order chi connectivity index (χ0) is 42.1. The van der Waals surface area contributed by atoms with Crippen molar-refractivity contribution in [2.24, 2.45) is 5.73 Å². The third-order valence-corrected chi connectivity index (χ3v) is 9.16. The molecule has 0 saturated carbocycles. The van der Waals surface area contributed by atoms with Gasteiger partial charge >= 0.3 is 5.97 Å². The van der Waals surface area contributed by atoms with E-state index in [0.717, 1.165) is 30.8 Å². The van der Waals surface area contributed by atoms with E-state index in [1.54, 1.807) is 30.3 Å². The Morgan fingerprint density at radius 1 is 0.964 bits per heavy atom. The van der Waals surface area contributed by atoms with Gasteiger partial charge in [0.05, 0.1) is 25.9 Å². The molecule has 0 spiro atoms. The van der Waals surface area contributed by atoms with E-state index >= 15 is 0 Å². The van der Waals surface area contributed by atoms with Gasteiger partial charge in [-0.1, -0.05) is 30.3 Å². The van der Waals surface area contributed by atoms with Gasteiger partial charge in [-0.2, -0.15) is 0 Å². The minimum Gasteiger partial charge on any atom is -0.480 e. The average molecular weight is 795 g/mol. The van der Waals surface area contributed by atoms with Crippen molar-refractivity contribution in [3.05, 3.63) is 35.9 Å². The fourth-order valence-electron chi connectivity index (χ4n) is 5.86. The van der Waals surface area contributed by atoms with Crippen molar-refractivity contribution >= 4 is 47.3 Å². The molecular formula is C35H54N8O13. The minimum absolute atomic E-state index is 0.0723. The Morgan fingerprint density at radius 3 is 2.20 bits per heavy atom. The molecule has 8 atom stereocenters. The first kappa shape index (κ1) is 46.9. The van der Waals surface area contributed by atoms with Gasteiger partial charge in [-0.25, -0.2) is 4.79 Å². The van der Waals surface area contributed by atoms with Gasteiger partial charge in [0, 0.05) is 33.5 Å². The summed E-state index contributed by atoms with van der Waals surface area (Å²) in [4.78, 5) is 106. The van der Waals surface area contributed by atoms with Crippen molar-refractivity contribution in [2.45, 2.75) is 93.8 Å². The number of nitrogens with zero attached hydrogens (tertiary/aromatic N) is 2. The molecule has 12 N–H and O–H groups in total. The maximum Gasteiger partial charge on any atom is 0.326 e. The Labute approximate surface area is 323 Å². The SMILES string of the molecule is CC(O)C1C(=O)NC(CO)C(=O)NC(C(=O)N(C)C(CO)C(=O)NC(Cc2ccccc2)C(=O)O)CCCCNC(=O)CCC(NC(=O)C(N)CO)C(=O)N1C. The number of carbonyl (C=O) groups is 8. The van der Waals surface area contributed by atoms with E-state index in [1.807, 2.05) is 0 Å². The molecule has 1 aromatic rings. The normalized spacial score (nSPS) is 22.8. The lowest BCUT2D eigenvalue weighted by atomic mass is 10.0. The fraction of sp³-hybridized carbons (Fsp3) is 0.600. The van der Waals surface area contributed by atoms with E-state index in [0.29, 0.717) is 5.56 Å². The first-order valence-electron chi connectivity index (χ1n) is 18.0. The molecule has 8 unspecified atom stereocenters. The van der Waals surface area contributed by atoms with Crippen molar-refractivity contribution in [1.29, 1.82) is 0 Å². The molecule has 1 aromatic carbocycles. The number of hydrogen-bond donors (Lipinski definition) is 11. The van der Waals surface area contributed by atoms with E-state index in [1.165, 1.54) is 0 Å². The summed E-state index contributed by atoms with van der Waals surface area (Å²) in [5.41, 5.74) is 6.18. The molecule has 56 heavy (non-hydrogen) atoms. The molecule has 0 bridgehead atoms. The van der Waals surface area contributed by atoms with Gasteiger partial charge in [-0.05, 0) is 38.2 Å². The molecule has 1 fully saturated rings. The molecule has 1 saturated heterocycles. The highest BCUT2D eigenvalue weighted by molar-refractivity contribution is 5.97. The van der Waals surface area contributed by atoms with Crippen LogP contribution in [0, 0.1) is 0 Å². The molecule has 0 aromatic heterocycles. The average Bonchev–Trinajstić information content (AvgIpc) is 3.16. The van der Waals surface area contributed by atoms with Crippen LogP contribution in [0.1, 0.15) is 44.6 Å². The Hall–Kier alpha value is -5.22. The standard InChI is InChI=1S/C35H54N8O13/c1-19(47)28-32(52)41-25(17-45)30(50)39-22(11-7-8-14-37-27(48)13-12-23(34(54)43(28)3)38-29(49)21(36)16-44)33(53)42(2)26(18-46)31(51)40-24(35(55)56)15-20-9-5-4-6-10-20/h4-6,9-10,19,21-26,28,44-47H,7-8,11-18,36H2,1-3H3,(H,37,48)(H,38,49)(H,39,50)(H,40,51)(H,41,52)(H,55,56). The maximum absolute atomic E-state index is 13.8. The predicted octanol–water partition coefficient (Wildman–Crippen LogP) is -5.33. The highest BCUT2D eigenvalue weighted by atomic mass is 16.4. The Morgan fingerprint density at radius 2 is 1.62 bits per heavy atom. The molecule has 1 aliphatic heterocycles. The predicted molar refractivity (Wildman–Crippen MR) is 196 cm³/mol. The van der Waals surface area contributed by atoms with Gasteiger partial charge < -0.3 is 67.7 Å². The minimum atomic E-state index is -1.74. The molecule has 21 nitrogen and oxygen atoms in total. The van der Waals surface area contributed by atoms with Crippen LogP contribution in [0.2, 0.25) is 0 Å². The lowest BCUT2D eigenvalue weighted by Gasteiger charge is -2.34. The number of aliphatic hydroxyl groups is 4. The number of carbonyl (C=O) groups excluding carboxylic acids is 7. The zero-order valence-electron chi connectivity index (χ0n) is 31.6. The maximum atomic E-state index is 13.8. The Kier molecular flexibility index (Phi) is 19.3. The molecule has 0 aliphatic carbocycles. The summed E-state index contributed by atoms with van der Waals surface area (Å²) in [5, 5.41) is 61.8. The second-order valence-corrected chi connectivity index (χ2v) is 13.4. The van der Waals surface area contributed by atoms with Gasteiger partial charge in [-0.15, -0.1) is 0 Å². The van der Waals surface area contributed by atoms with Crippen LogP contribution >= 0.6 is 0 Å². The van der Waals surface area contributed by atoms with Gasteiger partial charge in [0.1, 0.15) is 42.3 Å². The lowest BCUT2D eigenvalue weighted by molar-refractivity contribution is -0.147. The van der Waals surface area contributed by atoms with Crippen LogP contribution in [0.15, 0.2) is 30.3 Å². The number of benzene rings is 1. The molecule has 1 heterocycles. The zero-order valence-corrected chi connectivity index (χ0v) is 31.6. The second-order valence-electron chi connectivity index (χ2n) is 13.4. The largest absolute Gasteiger partial charge is 0.480 e. The summed E-state index contributed by atoms with van der Waals surface area (Å²) in [6.07, 6.45) is -1.93. The third-order valence-electron chi connectivity index (χ3n) is 9.16. The van der Waals surface area contributed by atoms with Crippen LogP contribution in [0.4, 0.5) is 0 Å². The summed E-state index contributed by atoms with van der Waals surface area (Å²) in [6.45, 7) is -1.46. The lowest BCUT2D eigenvalue weighted by Crippen LogP contribution is -2.62. The fourth-order valence-corrected chi connectivity index (χ4v) is 5.86. The number of carboxylic acids is 1. The summed E-state index contributed by atoms with van der Waals surface area (Å²) in [6, 6.07) is -2.33. The van der Waals surface area contributed by atoms with E-state index in [2.05, 4.69) is 26.6 Å². The van der Waals surface area contributed by atoms with Gasteiger partial charge in [0.15, 0.2) is 0 Å². The van der Waals surface area contributed by atoms with Gasteiger partial charge in [-0.3, -0.25) is 33.6 Å². The molecular weight excluding hydrogens is 740 g/mol. The van der Waals surface area contributed by atoms with Crippen LogP contribution in [-0.2, 0) is 44.8 Å². The second kappa shape index (κ2) is 23.0. The number of rotatable bonds is 13. The smallest absolute Gasteiger partial charge is 0.326 e. The van der Waals surface area contributed by atoms with Crippen LogP contribution in [0.5, 0.6) is 0 Å². The number of aliphatic hydroxyl groups excluding tert-OH is 4. The van der Waals surface area contributed by atoms with Crippen molar-refractivity contribution < 1.29 is 63.9 Å². The Bertz CT molecular complexity index is 1530. The van der Waals surface area contributed by atoms with Crippen molar-refractivity contribution in [3.8, 4) is 0 Å². The van der Waals surface area contributed by atoms with Gasteiger partial charge in [0.25, 0.3) is 0 Å². The number of aliphatic carboxylic acids is 1. The monoisotopic (exact) mass is 794 g/mol. The highest BCUT2D eigenvalue weighted by Gasteiger charge is 2.39. The van der Waals surface area contributed by atoms with Gasteiger partial charge in [0.2, 0.25) is 41.4 Å². The van der Waals surface area contributed by atoms with E-state index < -0.39 is 116 Å². The van der Waals surface area contributed by atoms with Crippen LogP contribution < -0.4 is 32.3 Å². The summed E-state index contributed by atoms with van der Waals surface area (Å²) < 4.78 is 0. The first-order chi connectivity index (χ1) is 26.5. The van der Waals surface area contributed by atoms with Crippen molar-refractivity contribution in [3.63, 3.8) is 0 Å². The molecule has 0 radical (unpaired) electrons. The number of nitrogens with one attached hydrogen (secondary N) is 5. The summed E-state index contributed by atoms with van der Waals surface area (Å²) in [5.74, 6) is -7.86. The molecule has 312 valence electrons.